The van der Waals surface area contributed by atoms with E-state index in [1.54, 1.807) is 14.2 Å². The van der Waals surface area contributed by atoms with Crippen molar-refractivity contribution in [1.82, 2.24) is 0 Å². The van der Waals surface area contributed by atoms with E-state index in [2.05, 4.69) is 13.8 Å². The second-order valence-corrected chi connectivity index (χ2v) is 13.7. The lowest BCUT2D eigenvalue weighted by Gasteiger charge is -2.72. The Kier molecular flexibility index (Phi) is 7.80. The number of fused-ring (bicyclic) bond motifs is 3. The maximum absolute atomic E-state index is 12.6. The average Bonchev–Trinajstić information content (AvgIpc) is 3.16. The average molecular weight is 543 g/mol. The Morgan fingerprint density at radius 3 is 2.45 bits per heavy atom. The molecule has 1 spiro atoms. The number of aliphatic hydroxyl groups is 3. The van der Waals surface area contributed by atoms with Gasteiger partial charge in [-0.1, -0.05) is 13.8 Å². The van der Waals surface area contributed by atoms with Gasteiger partial charge in [0.05, 0.1) is 48.1 Å². The van der Waals surface area contributed by atoms with E-state index in [-0.39, 0.29) is 50.2 Å². The van der Waals surface area contributed by atoms with Crippen LogP contribution in [0, 0.1) is 34.5 Å². The van der Waals surface area contributed by atoms with Crippen LogP contribution >= 0.6 is 0 Å². The molecule has 3 N–H and O–H groups in total. The van der Waals surface area contributed by atoms with E-state index < -0.39 is 33.9 Å². The summed E-state index contributed by atoms with van der Waals surface area (Å²) in [6.45, 7) is 8.67. The summed E-state index contributed by atoms with van der Waals surface area (Å²) >= 11 is 0. The fourth-order valence-corrected chi connectivity index (χ4v) is 10.1. The maximum atomic E-state index is 12.6. The number of hydrogen-bond donors (Lipinski definition) is 3. The van der Waals surface area contributed by atoms with Crippen LogP contribution in [0.4, 0.5) is 0 Å². The second-order valence-electron chi connectivity index (χ2n) is 13.7. The number of aliphatic hydroxyl groups excluding tert-OH is 2. The predicted molar refractivity (Wildman–Crippen MR) is 138 cm³/mol. The molecule has 5 aliphatic rings. The molecule has 0 aromatic heterocycles. The Hall–Kier alpha value is -0.360. The van der Waals surface area contributed by atoms with Gasteiger partial charge in [-0.15, -0.1) is 0 Å². The van der Waals surface area contributed by atoms with E-state index in [9.17, 15) is 15.3 Å². The molecule has 0 radical (unpaired) electrons. The highest BCUT2D eigenvalue weighted by atomic mass is 16.7. The van der Waals surface area contributed by atoms with E-state index in [1.165, 1.54) is 0 Å². The molecule has 1 heterocycles. The minimum atomic E-state index is -0.958. The Bertz CT molecular complexity index is 854. The first-order valence-corrected chi connectivity index (χ1v) is 14.5. The van der Waals surface area contributed by atoms with Crippen molar-refractivity contribution in [3.05, 3.63) is 0 Å². The smallest absolute Gasteiger partial charge is 0.163 e. The molecule has 9 nitrogen and oxygen atoms in total. The van der Waals surface area contributed by atoms with Crippen LogP contribution < -0.4 is 0 Å². The molecule has 9 heteroatoms. The van der Waals surface area contributed by atoms with E-state index in [4.69, 9.17) is 28.4 Å². The minimum Gasteiger partial charge on any atom is -0.394 e. The third-order valence-corrected chi connectivity index (χ3v) is 11.4. The standard InChI is InChI=1S/C29H50O9/c1-18-11-23-28(15-36-25(2,3)38-23)24-20(7-9-27(28,32)12-18)29(37-17-34-6)10-8-19(21(31)14-30)26(29,4)13-22(24)35-16-33-5/h18-24,30-32H,7-17H2,1-6H3/t18-,19+,20?,21?,22?,23+,24?,26+,27-,28+,29-/m0/s1. The molecule has 0 aromatic carbocycles. The first-order chi connectivity index (χ1) is 17.9. The Balaban J connectivity index is 1.67. The summed E-state index contributed by atoms with van der Waals surface area (Å²) in [6, 6.07) is 0. The van der Waals surface area contributed by atoms with Crippen LogP contribution in [-0.2, 0) is 28.4 Å². The van der Waals surface area contributed by atoms with E-state index in [1.807, 2.05) is 13.8 Å². The normalized spacial score (nSPS) is 50.4. The highest BCUT2D eigenvalue weighted by molar-refractivity contribution is 5.25. The Labute approximate surface area is 227 Å². The first-order valence-electron chi connectivity index (χ1n) is 14.5. The number of rotatable bonds is 8. The summed E-state index contributed by atoms with van der Waals surface area (Å²) in [5, 5.41) is 33.5. The molecule has 220 valence electrons. The van der Waals surface area contributed by atoms with Gasteiger partial charge in [0, 0.05) is 25.6 Å². The summed E-state index contributed by atoms with van der Waals surface area (Å²) in [5.74, 6) is -0.665. The Morgan fingerprint density at radius 2 is 1.76 bits per heavy atom. The fourth-order valence-electron chi connectivity index (χ4n) is 10.1. The van der Waals surface area contributed by atoms with Gasteiger partial charge in [0.1, 0.15) is 13.6 Å². The van der Waals surface area contributed by atoms with Crippen LogP contribution in [0.25, 0.3) is 0 Å². The predicted octanol–water partition coefficient (Wildman–Crippen LogP) is 2.83. The van der Waals surface area contributed by atoms with Crippen molar-refractivity contribution in [2.45, 2.75) is 108 Å². The molecule has 0 amide bonds. The van der Waals surface area contributed by atoms with Crippen molar-refractivity contribution in [3.8, 4) is 0 Å². The highest BCUT2D eigenvalue weighted by Crippen LogP contribution is 2.73. The number of hydrogen-bond acceptors (Lipinski definition) is 9. The third-order valence-electron chi connectivity index (χ3n) is 11.4. The van der Waals surface area contributed by atoms with Gasteiger partial charge in [-0.25, -0.2) is 0 Å². The highest BCUT2D eigenvalue weighted by Gasteiger charge is 2.77. The van der Waals surface area contributed by atoms with Crippen LogP contribution in [0.1, 0.15) is 72.6 Å². The molecule has 4 aliphatic carbocycles. The summed E-state index contributed by atoms with van der Waals surface area (Å²) < 4.78 is 37.3. The molecule has 11 atom stereocenters. The number of ether oxygens (including phenoxy) is 6. The van der Waals surface area contributed by atoms with Gasteiger partial charge in [0.2, 0.25) is 0 Å². The lowest BCUT2D eigenvalue weighted by atomic mass is 9.39. The van der Waals surface area contributed by atoms with Crippen molar-refractivity contribution in [2.24, 2.45) is 34.5 Å². The van der Waals surface area contributed by atoms with Gasteiger partial charge < -0.3 is 43.7 Å². The molecule has 0 bridgehead atoms. The van der Waals surface area contributed by atoms with Gasteiger partial charge >= 0.3 is 0 Å². The van der Waals surface area contributed by atoms with E-state index in [0.29, 0.717) is 31.8 Å². The molecule has 1 aliphatic heterocycles. The Morgan fingerprint density at radius 1 is 1.03 bits per heavy atom. The van der Waals surface area contributed by atoms with Gasteiger partial charge in [0.25, 0.3) is 0 Å². The molecule has 4 unspecified atom stereocenters. The van der Waals surface area contributed by atoms with Crippen LogP contribution in [0.3, 0.4) is 0 Å². The summed E-state index contributed by atoms with van der Waals surface area (Å²) in [7, 11) is 3.26. The summed E-state index contributed by atoms with van der Waals surface area (Å²) in [5.41, 5.74) is -2.72. The lowest BCUT2D eigenvalue weighted by Crippen LogP contribution is -2.78. The van der Waals surface area contributed by atoms with Crippen LogP contribution in [0.5, 0.6) is 0 Å². The van der Waals surface area contributed by atoms with Crippen molar-refractivity contribution in [1.29, 1.82) is 0 Å². The molecule has 5 fully saturated rings. The van der Waals surface area contributed by atoms with Crippen LogP contribution in [-0.4, -0.2) is 91.6 Å². The zero-order valence-electron chi connectivity index (χ0n) is 24.1. The topological polar surface area (TPSA) is 116 Å². The molecule has 4 saturated carbocycles. The van der Waals surface area contributed by atoms with Crippen LogP contribution in [0.15, 0.2) is 0 Å². The summed E-state index contributed by atoms with van der Waals surface area (Å²) in [6.07, 6.45) is 3.72. The maximum Gasteiger partial charge on any atom is 0.163 e. The molecule has 1 saturated heterocycles. The second kappa shape index (κ2) is 10.2. The molecule has 38 heavy (non-hydrogen) atoms. The van der Waals surface area contributed by atoms with E-state index >= 15 is 0 Å². The zero-order valence-corrected chi connectivity index (χ0v) is 24.1. The molecule has 5 rings (SSSR count). The lowest BCUT2D eigenvalue weighted by molar-refractivity contribution is -0.406. The van der Waals surface area contributed by atoms with Crippen molar-refractivity contribution < 1.29 is 43.7 Å². The van der Waals surface area contributed by atoms with Crippen LogP contribution in [0.2, 0.25) is 0 Å². The van der Waals surface area contributed by atoms with Crippen molar-refractivity contribution >= 4 is 0 Å². The van der Waals surface area contributed by atoms with Gasteiger partial charge in [-0.05, 0) is 76.5 Å². The number of methoxy groups -OCH3 is 2. The molecular formula is C29H50O9. The van der Waals surface area contributed by atoms with E-state index in [0.717, 1.165) is 25.7 Å². The quantitative estimate of drug-likeness (QED) is 0.398. The third kappa shape index (κ3) is 4.06. The van der Waals surface area contributed by atoms with Gasteiger partial charge in [-0.3, -0.25) is 0 Å². The van der Waals surface area contributed by atoms with Gasteiger partial charge in [0.15, 0.2) is 5.79 Å². The van der Waals surface area contributed by atoms with Crippen molar-refractivity contribution in [3.63, 3.8) is 0 Å². The fraction of sp³-hybridized carbons (Fsp3) is 1.00. The minimum absolute atomic E-state index is 0.0127. The molecule has 0 aromatic rings. The largest absolute Gasteiger partial charge is 0.394 e. The zero-order chi connectivity index (χ0) is 27.6. The molecular weight excluding hydrogens is 492 g/mol. The van der Waals surface area contributed by atoms with Gasteiger partial charge in [-0.2, -0.15) is 0 Å². The summed E-state index contributed by atoms with van der Waals surface area (Å²) in [4.78, 5) is 0. The first kappa shape index (κ1) is 29.1. The monoisotopic (exact) mass is 542 g/mol. The van der Waals surface area contributed by atoms with Crippen molar-refractivity contribution in [2.75, 3.05) is 41.0 Å². The SMILES string of the molecule is COCOC1C[C@]2(C)[C@@H](C(O)CO)CC[C@]2(OCOC)C2CC[C@]3(O)C[C@@H](C)C[C@H]4OC(C)(C)OC[C@]43C12.